The zero-order chi connectivity index (χ0) is 18.0. The number of anilines is 1. The van der Waals surface area contributed by atoms with E-state index in [4.69, 9.17) is 5.26 Å². The molecule has 0 saturated carbocycles. The fraction of sp³-hybridized carbons (Fsp3) is 0.350. The van der Waals surface area contributed by atoms with Gasteiger partial charge in [-0.25, -0.2) is 4.98 Å². The molecule has 5 heteroatoms. The Bertz CT molecular complexity index is 883. The number of amides is 1. The van der Waals surface area contributed by atoms with Crippen LogP contribution in [0.15, 0.2) is 30.5 Å². The van der Waals surface area contributed by atoms with Crippen LogP contribution in [0, 0.1) is 23.7 Å². The number of aromatic amines is 1. The number of benzene rings is 1. The van der Waals surface area contributed by atoms with E-state index in [2.05, 4.69) is 41.3 Å². The molecule has 1 aromatic heterocycles. The highest BCUT2D eigenvalue weighted by molar-refractivity contribution is 6.03. The van der Waals surface area contributed by atoms with Crippen molar-refractivity contribution in [3.05, 3.63) is 53.1 Å². The fourth-order valence-electron chi connectivity index (χ4n) is 3.03. The van der Waals surface area contributed by atoms with Gasteiger partial charge in [-0.1, -0.05) is 31.6 Å². The number of rotatable bonds is 3. The first-order valence-electron chi connectivity index (χ1n) is 8.44. The summed E-state index contributed by atoms with van der Waals surface area (Å²) in [7, 11) is 0. The first-order chi connectivity index (χ1) is 11.9. The molecule has 1 aliphatic carbocycles. The Balaban J connectivity index is 1.88. The minimum absolute atomic E-state index is 0.141. The number of nitrogens with one attached hydrogen (secondary N) is 2. The molecular weight excluding hydrogens is 312 g/mol. The van der Waals surface area contributed by atoms with Crippen molar-refractivity contribution in [2.75, 3.05) is 5.32 Å². The van der Waals surface area contributed by atoms with Crippen LogP contribution >= 0.6 is 0 Å². The van der Waals surface area contributed by atoms with E-state index in [-0.39, 0.29) is 17.4 Å². The summed E-state index contributed by atoms with van der Waals surface area (Å²) in [6, 6.07) is 7.96. The van der Waals surface area contributed by atoms with Crippen molar-refractivity contribution in [1.29, 1.82) is 5.26 Å². The van der Waals surface area contributed by atoms with E-state index in [0.29, 0.717) is 5.41 Å². The van der Waals surface area contributed by atoms with E-state index in [1.54, 1.807) is 0 Å². The zero-order valence-corrected chi connectivity index (χ0v) is 14.8. The molecule has 0 spiro atoms. The number of H-pyrrole nitrogens is 1. The summed E-state index contributed by atoms with van der Waals surface area (Å²) in [6.45, 7) is 6.61. The number of imidazole rings is 1. The second-order valence-corrected chi connectivity index (χ2v) is 7.36. The molecule has 2 N–H and O–H groups in total. The smallest absolute Gasteiger partial charge is 0.291 e. The van der Waals surface area contributed by atoms with Crippen molar-refractivity contribution >= 4 is 17.2 Å². The van der Waals surface area contributed by atoms with E-state index < -0.39 is 0 Å². The van der Waals surface area contributed by atoms with Gasteiger partial charge in [-0.2, -0.15) is 5.26 Å². The first-order valence-corrected chi connectivity index (χ1v) is 8.44. The van der Waals surface area contributed by atoms with Crippen LogP contribution in [0.5, 0.6) is 0 Å². The molecule has 1 aliphatic rings. The molecule has 0 unspecified atom stereocenters. The highest BCUT2D eigenvalue weighted by Crippen LogP contribution is 2.40. The van der Waals surface area contributed by atoms with Gasteiger partial charge in [-0.3, -0.25) is 4.79 Å². The quantitative estimate of drug-likeness (QED) is 0.871. The van der Waals surface area contributed by atoms with Crippen LogP contribution in [0.3, 0.4) is 0 Å². The Morgan fingerprint density at radius 1 is 1.40 bits per heavy atom. The van der Waals surface area contributed by atoms with Crippen molar-refractivity contribution in [1.82, 2.24) is 9.97 Å². The van der Waals surface area contributed by atoms with E-state index in [9.17, 15) is 4.79 Å². The van der Waals surface area contributed by atoms with E-state index in [0.717, 1.165) is 36.1 Å². The largest absolute Gasteiger partial charge is 0.326 e. The maximum atomic E-state index is 12.4. The second-order valence-electron chi connectivity index (χ2n) is 7.36. The average Bonchev–Trinajstić information content (AvgIpc) is 3.06. The topological polar surface area (TPSA) is 81.6 Å². The molecule has 0 radical (unpaired) electrons. The van der Waals surface area contributed by atoms with E-state index in [1.807, 2.05) is 25.1 Å². The van der Waals surface area contributed by atoms with E-state index in [1.165, 1.54) is 11.8 Å². The minimum atomic E-state index is -0.344. The number of nitriles is 1. The summed E-state index contributed by atoms with van der Waals surface area (Å²) in [5.41, 5.74) is 4.87. The molecular formula is C20H22N4O. The van der Waals surface area contributed by atoms with Gasteiger partial charge in [0.15, 0.2) is 5.82 Å². The van der Waals surface area contributed by atoms with Gasteiger partial charge >= 0.3 is 0 Å². The number of aromatic nitrogens is 2. The number of aryl methyl sites for hydroxylation is 1. The van der Waals surface area contributed by atoms with Crippen LogP contribution in [0.4, 0.5) is 5.69 Å². The molecule has 1 aromatic carbocycles. The lowest BCUT2D eigenvalue weighted by molar-refractivity contribution is 0.101. The van der Waals surface area contributed by atoms with Gasteiger partial charge in [0.05, 0.1) is 6.20 Å². The van der Waals surface area contributed by atoms with Crippen molar-refractivity contribution < 1.29 is 4.79 Å². The summed E-state index contributed by atoms with van der Waals surface area (Å²) in [4.78, 5) is 19.1. The lowest BCUT2D eigenvalue weighted by Gasteiger charge is -2.29. The Labute approximate surface area is 147 Å². The van der Waals surface area contributed by atoms with Crippen LogP contribution in [-0.2, 0) is 0 Å². The van der Waals surface area contributed by atoms with Crippen molar-refractivity contribution in [2.45, 2.75) is 40.0 Å². The van der Waals surface area contributed by atoms with Crippen LogP contribution in [0.25, 0.3) is 5.57 Å². The first kappa shape index (κ1) is 17.0. The third-order valence-electron chi connectivity index (χ3n) is 4.65. The van der Waals surface area contributed by atoms with Crippen LogP contribution in [0.2, 0.25) is 0 Å². The Kier molecular flexibility index (Phi) is 4.45. The van der Waals surface area contributed by atoms with Crippen LogP contribution in [0.1, 0.15) is 60.5 Å². The summed E-state index contributed by atoms with van der Waals surface area (Å²) in [6.07, 6.45) is 6.81. The highest BCUT2D eigenvalue weighted by Gasteiger charge is 2.23. The number of carbonyl (C=O) groups excluding carboxylic acids is 1. The molecule has 25 heavy (non-hydrogen) atoms. The number of allylic oxidation sites excluding steroid dienone is 2. The maximum absolute atomic E-state index is 12.4. The standard InChI is InChI=1S/C20H22N4O/c1-13-4-5-17(24-19(25)18-22-12-15(11-21)23-18)16(10-13)14-6-8-20(2,3)9-7-14/h4-6,10,12H,7-9H2,1-3H3,(H,22,23)(H,24,25). The Morgan fingerprint density at radius 2 is 2.20 bits per heavy atom. The fourth-order valence-corrected chi connectivity index (χ4v) is 3.03. The average molecular weight is 334 g/mol. The van der Waals surface area contributed by atoms with Crippen LogP contribution < -0.4 is 5.32 Å². The molecule has 1 heterocycles. The Morgan fingerprint density at radius 3 is 2.84 bits per heavy atom. The van der Waals surface area contributed by atoms with Crippen molar-refractivity contribution in [3.63, 3.8) is 0 Å². The Hall–Kier alpha value is -2.87. The lowest BCUT2D eigenvalue weighted by atomic mass is 9.77. The van der Waals surface area contributed by atoms with Gasteiger partial charge in [0, 0.05) is 11.3 Å². The third-order valence-corrected chi connectivity index (χ3v) is 4.65. The normalized spacial score (nSPS) is 16.0. The zero-order valence-electron chi connectivity index (χ0n) is 14.8. The summed E-state index contributed by atoms with van der Waals surface area (Å²) in [5, 5.41) is 11.8. The second kappa shape index (κ2) is 6.56. The van der Waals surface area contributed by atoms with Gasteiger partial charge in [-0.05, 0) is 49.3 Å². The molecule has 3 rings (SSSR count). The van der Waals surface area contributed by atoms with Crippen molar-refractivity contribution in [2.24, 2.45) is 5.41 Å². The minimum Gasteiger partial charge on any atom is -0.326 e. The SMILES string of the molecule is Cc1ccc(NC(=O)c2ncc(C#N)[nH]2)c(C2=CCC(C)(C)CC2)c1. The molecule has 0 aliphatic heterocycles. The molecule has 0 bridgehead atoms. The number of hydrogen-bond donors (Lipinski definition) is 2. The molecule has 5 nitrogen and oxygen atoms in total. The summed E-state index contributed by atoms with van der Waals surface area (Å²) < 4.78 is 0. The highest BCUT2D eigenvalue weighted by atomic mass is 16.2. The molecule has 2 aromatic rings. The summed E-state index contributed by atoms with van der Waals surface area (Å²) >= 11 is 0. The van der Waals surface area contributed by atoms with E-state index >= 15 is 0 Å². The predicted molar refractivity (Wildman–Crippen MR) is 98.0 cm³/mol. The molecule has 0 fully saturated rings. The third kappa shape index (κ3) is 3.80. The lowest BCUT2D eigenvalue weighted by Crippen LogP contribution is -2.17. The number of carbonyl (C=O) groups is 1. The van der Waals surface area contributed by atoms with Crippen LogP contribution in [-0.4, -0.2) is 15.9 Å². The summed E-state index contributed by atoms with van der Waals surface area (Å²) in [5.74, 6) is -0.204. The van der Waals surface area contributed by atoms with Gasteiger partial charge in [0.2, 0.25) is 0 Å². The maximum Gasteiger partial charge on any atom is 0.291 e. The monoisotopic (exact) mass is 334 g/mol. The molecule has 0 atom stereocenters. The van der Waals surface area contributed by atoms with Gasteiger partial charge in [0.1, 0.15) is 11.8 Å². The number of nitrogens with zero attached hydrogens (tertiary/aromatic N) is 2. The van der Waals surface area contributed by atoms with Gasteiger partial charge in [-0.15, -0.1) is 0 Å². The van der Waals surface area contributed by atoms with Gasteiger partial charge < -0.3 is 10.3 Å². The molecule has 0 saturated heterocycles. The molecule has 1 amide bonds. The van der Waals surface area contributed by atoms with Gasteiger partial charge in [0.25, 0.3) is 5.91 Å². The van der Waals surface area contributed by atoms with Crippen molar-refractivity contribution in [3.8, 4) is 6.07 Å². The molecule has 128 valence electrons. The number of hydrogen-bond acceptors (Lipinski definition) is 3. The predicted octanol–water partition coefficient (Wildman–Crippen LogP) is 4.44.